The number of halogens is 3. The molecular weight excluding hydrogens is 557 g/mol. The number of carbonyl (C=O) groups is 1. The number of piperidine rings is 1. The van der Waals surface area contributed by atoms with Gasteiger partial charge in [0.1, 0.15) is 23.9 Å². The Bertz CT molecular complexity index is 1430. The van der Waals surface area contributed by atoms with Crippen LogP contribution in [0, 0.1) is 29.3 Å². The average molecular weight is 597 g/mol. The highest BCUT2D eigenvalue weighted by Gasteiger charge is 2.55. The molecule has 2 aliphatic rings. The van der Waals surface area contributed by atoms with Crippen LogP contribution in [0.2, 0.25) is 0 Å². The van der Waals surface area contributed by atoms with Gasteiger partial charge in [-0.25, -0.2) is 18.0 Å². The molecule has 0 spiro atoms. The molecule has 3 aromatic rings. The van der Waals surface area contributed by atoms with Crippen molar-refractivity contribution in [3.05, 3.63) is 94.8 Å². The van der Waals surface area contributed by atoms with E-state index in [1.165, 1.54) is 0 Å². The Morgan fingerprint density at radius 3 is 2.12 bits per heavy atom. The number of benzene rings is 3. The number of aliphatic carboxylic acids is 1. The maximum atomic E-state index is 14.0. The zero-order valence-electron chi connectivity index (χ0n) is 25.0. The highest BCUT2D eigenvalue weighted by atomic mass is 19.2. The molecule has 3 aromatic carbocycles. The van der Waals surface area contributed by atoms with Gasteiger partial charge in [0.2, 0.25) is 5.60 Å². The minimum atomic E-state index is -1.43. The van der Waals surface area contributed by atoms with E-state index in [1.807, 2.05) is 48.5 Å². The Hall–Kier alpha value is -3.56. The van der Waals surface area contributed by atoms with E-state index in [0.29, 0.717) is 48.6 Å². The Morgan fingerprint density at radius 1 is 0.907 bits per heavy atom. The molecule has 9 heteroatoms. The molecule has 2 unspecified atom stereocenters. The Balaban J connectivity index is 1.04. The third-order valence-electron chi connectivity index (χ3n) is 8.48. The summed E-state index contributed by atoms with van der Waals surface area (Å²) in [7, 11) is 0. The van der Waals surface area contributed by atoms with Gasteiger partial charge in [0, 0.05) is 50.3 Å². The predicted molar refractivity (Wildman–Crippen MR) is 158 cm³/mol. The monoisotopic (exact) mass is 596 g/mol. The molecule has 5 rings (SSSR count). The standard InChI is InChI=1S/C34H39F3N2O4/c1-33(2,3)23-7-11-25(12-8-23)43-34(4,32(40)41)17-21-5-9-24(10-6-21)42-14-13-38-31-26-19-39(20-27(26)31)18-22-15-29(36)30(37)16-28(22)35/h5-12,15-16,26-27,31,38H,13-14,17-20H2,1-4H3,(H,40,41)/t26-,27?,31?,34-/m0/s1. The van der Waals surface area contributed by atoms with Gasteiger partial charge in [0.05, 0.1) is 0 Å². The van der Waals surface area contributed by atoms with Gasteiger partial charge in [-0.3, -0.25) is 4.90 Å². The Morgan fingerprint density at radius 2 is 1.51 bits per heavy atom. The first-order chi connectivity index (χ1) is 20.3. The summed E-state index contributed by atoms with van der Waals surface area (Å²) in [5, 5.41) is 13.5. The summed E-state index contributed by atoms with van der Waals surface area (Å²) in [6.45, 7) is 10.9. The van der Waals surface area contributed by atoms with Crippen LogP contribution in [-0.2, 0) is 23.2 Å². The van der Waals surface area contributed by atoms with Gasteiger partial charge >= 0.3 is 5.97 Å². The lowest BCUT2D eigenvalue weighted by Gasteiger charge is -2.27. The van der Waals surface area contributed by atoms with Crippen molar-refractivity contribution in [3.8, 4) is 11.5 Å². The van der Waals surface area contributed by atoms with Crippen LogP contribution < -0.4 is 14.8 Å². The fourth-order valence-corrected chi connectivity index (χ4v) is 5.90. The van der Waals surface area contributed by atoms with E-state index >= 15 is 0 Å². The van der Waals surface area contributed by atoms with E-state index in [9.17, 15) is 23.1 Å². The molecule has 1 aliphatic carbocycles. The lowest BCUT2D eigenvalue weighted by molar-refractivity contribution is -0.153. The van der Waals surface area contributed by atoms with Crippen LogP contribution >= 0.6 is 0 Å². The predicted octanol–water partition coefficient (Wildman–Crippen LogP) is 5.97. The number of nitrogens with zero attached hydrogens (tertiary/aromatic N) is 1. The molecule has 1 saturated heterocycles. The molecular formula is C34H39F3N2O4. The number of ether oxygens (including phenoxy) is 2. The van der Waals surface area contributed by atoms with E-state index in [4.69, 9.17) is 9.47 Å². The van der Waals surface area contributed by atoms with Crippen molar-refractivity contribution in [1.82, 2.24) is 10.2 Å². The second-order valence-corrected chi connectivity index (χ2v) is 12.9. The second kappa shape index (κ2) is 12.2. The fourth-order valence-electron chi connectivity index (χ4n) is 5.90. The largest absolute Gasteiger partial charge is 0.492 e. The van der Waals surface area contributed by atoms with E-state index in [1.54, 1.807) is 6.92 Å². The summed E-state index contributed by atoms with van der Waals surface area (Å²) in [6.07, 6.45) is 0.190. The number of carboxylic acids is 1. The summed E-state index contributed by atoms with van der Waals surface area (Å²) >= 11 is 0. The van der Waals surface area contributed by atoms with Crippen molar-refractivity contribution in [2.75, 3.05) is 26.2 Å². The quantitative estimate of drug-likeness (QED) is 0.199. The number of rotatable bonds is 12. The average Bonchev–Trinajstić information content (AvgIpc) is 3.39. The molecule has 0 amide bonds. The number of hydrogen-bond acceptors (Lipinski definition) is 5. The van der Waals surface area contributed by atoms with Crippen LogP contribution in [0.25, 0.3) is 0 Å². The molecule has 230 valence electrons. The number of hydrogen-bond donors (Lipinski definition) is 2. The zero-order valence-corrected chi connectivity index (χ0v) is 25.0. The van der Waals surface area contributed by atoms with E-state index < -0.39 is 29.0 Å². The smallest absolute Gasteiger partial charge is 0.348 e. The first-order valence-corrected chi connectivity index (χ1v) is 14.7. The molecule has 2 N–H and O–H groups in total. The lowest BCUT2D eigenvalue weighted by Crippen LogP contribution is -2.43. The molecule has 4 atom stereocenters. The molecule has 1 saturated carbocycles. The van der Waals surface area contributed by atoms with Crippen LogP contribution in [0.4, 0.5) is 13.2 Å². The number of likely N-dealkylation sites (tertiary alicyclic amines) is 1. The third kappa shape index (κ3) is 7.33. The van der Waals surface area contributed by atoms with Crippen molar-refractivity contribution in [3.63, 3.8) is 0 Å². The molecule has 0 bridgehead atoms. The van der Waals surface area contributed by atoms with Gasteiger partial charge in [-0.15, -0.1) is 0 Å². The van der Waals surface area contributed by atoms with Gasteiger partial charge < -0.3 is 19.9 Å². The highest BCUT2D eigenvalue weighted by Crippen LogP contribution is 2.45. The van der Waals surface area contributed by atoms with Gasteiger partial charge in [0.15, 0.2) is 11.6 Å². The lowest BCUT2D eigenvalue weighted by atomic mass is 9.87. The second-order valence-electron chi connectivity index (χ2n) is 12.9. The topological polar surface area (TPSA) is 71.0 Å². The Kier molecular flexibility index (Phi) is 8.77. The van der Waals surface area contributed by atoms with E-state index in [-0.39, 0.29) is 23.9 Å². The molecule has 2 fully saturated rings. The maximum absolute atomic E-state index is 14.0. The van der Waals surface area contributed by atoms with Crippen LogP contribution in [0.15, 0.2) is 60.7 Å². The third-order valence-corrected chi connectivity index (χ3v) is 8.48. The fraction of sp³-hybridized carbons (Fsp3) is 0.441. The molecule has 0 aromatic heterocycles. The first-order valence-electron chi connectivity index (χ1n) is 14.7. The Labute approximate surface area is 250 Å². The number of carboxylic acid groups (broad SMARTS) is 1. The molecule has 43 heavy (non-hydrogen) atoms. The van der Waals surface area contributed by atoms with Crippen molar-refractivity contribution in [2.24, 2.45) is 11.8 Å². The summed E-state index contributed by atoms with van der Waals surface area (Å²) in [5.74, 6) is -1.84. The number of nitrogens with one attached hydrogen (secondary N) is 1. The minimum absolute atomic E-state index is 0.00692. The van der Waals surface area contributed by atoms with Crippen LogP contribution in [0.3, 0.4) is 0 Å². The van der Waals surface area contributed by atoms with Gasteiger partial charge in [-0.2, -0.15) is 0 Å². The molecule has 6 nitrogen and oxygen atoms in total. The van der Waals surface area contributed by atoms with Crippen molar-refractivity contribution in [2.45, 2.75) is 57.7 Å². The number of fused-ring (bicyclic) bond motifs is 1. The van der Waals surface area contributed by atoms with Crippen molar-refractivity contribution in [1.29, 1.82) is 0 Å². The van der Waals surface area contributed by atoms with Crippen molar-refractivity contribution >= 4 is 5.97 Å². The van der Waals surface area contributed by atoms with Crippen molar-refractivity contribution < 1.29 is 32.5 Å². The van der Waals surface area contributed by atoms with Gasteiger partial charge in [0.25, 0.3) is 0 Å². The minimum Gasteiger partial charge on any atom is -0.492 e. The highest BCUT2D eigenvalue weighted by molar-refractivity contribution is 5.78. The summed E-state index contributed by atoms with van der Waals surface area (Å²) in [6, 6.07) is 16.8. The summed E-state index contributed by atoms with van der Waals surface area (Å²) in [4.78, 5) is 14.2. The molecule has 1 heterocycles. The van der Waals surface area contributed by atoms with Gasteiger partial charge in [-0.1, -0.05) is 45.0 Å². The summed E-state index contributed by atoms with van der Waals surface area (Å²) in [5.41, 5.74) is 0.698. The van der Waals surface area contributed by atoms with Gasteiger partial charge in [-0.05, 0) is 65.6 Å². The zero-order chi connectivity index (χ0) is 30.9. The van der Waals surface area contributed by atoms with Crippen LogP contribution in [-0.4, -0.2) is 53.9 Å². The van der Waals surface area contributed by atoms with Crippen LogP contribution in [0.1, 0.15) is 44.4 Å². The maximum Gasteiger partial charge on any atom is 0.348 e. The molecule has 0 radical (unpaired) electrons. The van der Waals surface area contributed by atoms with E-state index in [2.05, 4.69) is 31.0 Å². The normalized spacial score (nSPS) is 21.2. The first kappa shape index (κ1) is 30.9. The molecule has 1 aliphatic heterocycles. The summed E-state index contributed by atoms with van der Waals surface area (Å²) < 4.78 is 52.5. The SMILES string of the molecule is CC(C)(C)c1ccc(O[C@@](C)(Cc2ccc(OCCNC3C4CN(Cc5cc(F)c(F)cc5F)C[C@@H]43)cc2)C(=O)O)cc1. The van der Waals surface area contributed by atoms with Crippen LogP contribution in [0.5, 0.6) is 11.5 Å². The van der Waals surface area contributed by atoms with E-state index in [0.717, 1.165) is 30.3 Å².